The Morgan fingerprint density at radius 3 is 2.58 bits per heavy atom. The van der Waals surface area contributed by atoms with E-state index in [1.807, 2.05) is 4.90 Å². The first kappa shape index (κ1) is 16.8. The second-order valence-electron chi connectivity index (χ2n) is 6.23. The zero-order valence-electron chi connectivity index (χ0n) is 14.1. The molecule has 3 aromatic heterocycles. The lowest BCUT2D eigenvalue weighted by atomic mass is 10.3. The molecule has 7 nitrogen and oxygen atoms in total. The van der Waals surface area contributed by atoms with Crippen molar-refractivity contribution in [2.24, 2.45) is 0 Å². The molecule has 0 unspecified atom stereocenters. The molecule has 1 aliphatic rings. The highest BCUT2D eigenvalue weighted by molar-refractivity contribution is 5.64. The lowest BCUT2D eigenvalue weighted by Crippen LogP contribution is -2.46. The van der Waals surface area contributed by atoms with Gasteiger partial charge in [-0.25, -0.2) is 15.0 Å². The van der Waals surface area contributed by atoms with Crippen molar-refractivity contribution in [1.29, 1.82) is 0 Å². The molecule has 0 saturated carbocycles. The van der Waals surface area contributed by atoms with Gasteiger partial charge in [-0.3, -0.25) is 4.90 Å². The average Bonchev–Trinajstić information content (AvgIpc) is 3.21. The zero-order chi connectivity index (χ0) is 18.3. The number of imidazole rings is 1. The van der Waals surface area contributed by atoms with Gasteiger partial charge in [0.05, 0.1) is 5.69 Å². The third-order valence-corrected chi connectivity index (χ3v) is 4.37. The van der Waals surface area contributed by atoms with Gasteiger partial charge in [0.15, 0.2) is 23.0 Å². The monoisotopic (exact) mass is 366 g/mol. The standard InChI is InChI=1S/C16H17F3N6O/c1-11-21-12(10-26-11)8-23-4-6-24(7-5-23)14-15-22-13(16(17,18)19)9-25(15)3-2-20-14/h2-3,9-10H,4-8H2,1H3. The van der Waals surface area contributed by atoms with Crippen LogP contribution in [0.3, 0.4) is 0 Å². The molecule has 1 saturated heterocycles. The van der Waals surface area contributed by atoms with Crippen LogP contribution in [0.15, 0.2) is 29.3 Å². The fraction of sp³-hybridized carbons (Fsp3) is 0.438. The van der Waals surface area contributed by atoms with Crippen LogP contribution in [0.1, 0.15) is 17.3 Å². The number of rotatable bonds is 3. The molecule has 4 heterocycles. The molecule has 0 aliphatic carbocycles. The van der Waals surface area contributed by atoms with E-state index in [4.69, 9.17) is 4.42 Å². The van der Waals surface area contributed by atoms with Gasteiger partial charge in [0.25, 0.3) is 0 Å². The number of nitrogens with zero attached hydrogens (tertiary/aromatic N) is 6. The van der Waals surface area contributed by atoms with E-state index in [0.29, 0.717) is 31.3 Å². The first-order valence-corrected chi connectivity index (χ1v) is 8.19. The number of aromatic nitrogens is 4. The van der Waals surface area contributed by atoms with Crippen molar-refractivity contribution in [3.05, 3.63) is 42.1 Å². The van der Waals surface area contributed by atoms with Gasteiger partial charge in [0, 0.05) is 58.2 Å². The van der Waals surface area contributed by atoms with E-state index in [2.05, 4.69) is 19.9 Å². The summed E-state index contributed by atoms with van der Waals surface area (Å²) < 4.78 is 45.4. The minimum absolute atomic E-state index is 0.223. The third-order valence-electron chi connectivity index (χ3n) is 4.37. The van der Waals surface area contributed by atoms with Gasteiger partial charge in [0.1, 0.15) is 6.26 Å². The van der Waals surface area contributed by atoms with Crippen molar-refractivity contribution >= 4 is 11.5 Å². The highest BCUT2D eigenvalue weighted by atomic mass is 19.4. The van der Waals surface area contributed by atoms with E-state index in [9.17, 15) is 13.2 Å². The van der Waals surface area contributed by atoms with Crippen molar-refractivity contribution in [2.45, 2.75) is 19.6 Å². The van der Waals surface area contributed by atoms with E-state index in [-0.39, 0.29) is 5.65 Å². The fourth-order valence-electron chi connectivity index (χ4n) is 3.09. The molecule has 138 valence electrons. The highest BCUT2D eigenvalue weighted by Gasteiger charge is 2.34. The lowest BCUT2D eigenvalue weighted by molar-refractivity contribution is -0.140. The maximum Gasteiger partial charge on any atom is 0.434 e. The van der Waals surface area contributed by atoms with Crippen molar-refractivity contribution in [3.8, 4) is 0 Å². The number of fused-ring (bicyclic) bond motifs is 1. The van der Waals surface area contributed by atoms with Gasteiger partial charge in [-0.15, -0.1) is 0 Å². The van der Waals surface area contributed by atoms with Gasteiger partial charge in [0.2, 0.25) is 0 Å². The molecule has 0 amide bonds. The second kappa shape index (κ2) is 6.27. The smallest absolute Gasteiger partial charge is 0.434 e. The molecule has 4 rings (SSSR count). The number of alkyl halides is 3. The Morgan fingerprint density at radius 1 is 1.15 bits per heavy atom. The number of aryl methyl sites for hydroxylation is 1. The van der Waals surface area contributed by atoms with Crippen LogP contribution in [-0.2, 0) is 12.7 Å². The molecule has 3 aromatic rings. The SMILES string of the molecule is Cc1nc(CN2CCN(c3nccn4cc(C(F)(F)F)nc34)CC2)co1. The maximum absolute atomic E-state index is 12.9. The van der Waals surface area contributed by atoms with Gasteiger partial charge in [-0.05, 0) is 0 Å². The first-order valence-electron chi connectivity index (χ1n) is 8.19. The van der Waals surface area contributed by atoms with Crippen LogP contribution in [0.25, 0.3) is 5.65 Å². The molecule has 0 aromatic carbocycles. The summed E-state index contributed by atoms with van der Waals surface area (Å²) >= 11 is 0. The summed E-state index contributed by atoms with van der Waals surface area (Å²) in [5, 5.41) is 0. The Balaban J connectivity index is 1.49. The zero-order valence-corrected chi connectivity index (χ0v) is 14.1. The quantitative estimate of drug-likeness (QED) is 0.709. The number of halogens is 3. The van der Waals surface area contributed by atoms with Crippen LogP contribution >= 0.6 is 0 Å². The number of hydrogen-bond donors (Lipinski definition) is 0. The molecular weight excluding hydrogens is 349 g/mol. The Hall–Kier alpha value is -2.62. The number of oxazole rings is 1. The summed E-state index contributed by atoms with van der Waals surface area (Å²) in [4.78, 5) is 16.5. The van der Waals surface area contributed by atoms with E-state index >= 15 is 0 Å². The predicted octanol–water partition coefficient (Wildman–Crippen LogP) is 2.37. The van der Waals surface area contributed by atoms with E-state index in [1.165, 1.54) is 16.8 Å². The molecule has 0 atom stereocenters. The lowest BCUT2D eigenvalue weighted by Gasteiger charge is -2.34. The van der Waals surface area contributed by atoms with Gasteiger partial charge >= 0.3 is 6.18 Å². The van der Waals surface area contributed by atoms with E-state index in [1.54, 1.807) is 13.2 Å². The Kier molecular flexibility index (Phi) is 4.06. The van der Waals surface area contributed by atoms with Crippen molar-refractivity contribution in [3.63, 3.8) is 0 Å². The minimum atomic E-state index is -4.47. The van der Waals surface area contributed by atoms with Gasteiger partial charge in [-0.1, -0.05) is 0 Å². The maximum atomic E-state index is 12.9. The van der Waals surface area contributed by atoms with E-state index in [0.717, 1.165) is 25.0 Å². The Morgan fingerprint density at radius 2 is 1.92 bits per heavy atom. The second-order valence-corrected chi connectivity index (χ2v) is 6.23. The normalized spacial score (nSPS) is 16.5. The fourth-order valence-corrected chi connectivity index (χ4v) is 3.09. The van der Waals surface area contributed by atoms with Crippen LogP contribution in [-0.4, -0.2) is 50.4 Å². The van der Waals surface area contributed by atoms with Crippen molar-refractivity contribution in [1.82, 2.24) is 24.3 Å². The molecule has 1 fully saturated rings. The topological polar surface area (TPSA) is 62.7 Å². The van der Waals surface area contributed by atoms with Crippen LogP contribution in [0, 0.1) is 6.92 Å². The molecular formula is C16H17F3N6O. The predicted molar refractivity (Wildman–Crippen MR) is 86.7 cm³/mol. The van der Waals surface area contributed by atoms with E-state index < -0.39 is 11.9 Å². The summed E-state index contributed by atoms with van der Waals surface area (Å²) in [5.41, 5.74) is 0.187. The van der Waals surface area contributed by atoms with Gasteiger partial charge < -0.3 is 13.7 Å². The van der Waals surface area contributed by atoms with Crippen LogP contribution in [0.2, 0.25) is 0 Å². The molecule has 0 bridgehead atoms. The minimum Gasteiger partial charge on any atom is -0.449 e. The van der Waals surface area contributed by atoms with Gasteiger partial charge in [-0.2, -0.15) is 13.2 Å². The van der Waals surface area contributed by atoms with Crippen molar-refractivity contribution < 1.29 is 17.6 Å². The van der Waals surface area contributed by atoms with Crippen LogP contribution in [0.4, 0.5) is 19.0 Å². The summed E-state index contributed by atoms with van der Waals surface area (Å²) in [7, 11) is 0. The molecule has 1 aliphatic heterocycles. The summed E-state index contributed by atoms with van der Waals surface area (Å²) in [5.74, 6) is 1.11. The Labute approximate surface area is 147 Å². The highest BCUT2D eigenvalue weighted by Crippen LogP contribution is 2.30. The number of piperazine rings is 1. The number of anilines is 1. The van der Waals surface area contributed by atoms with Crippen LogP contribution in [0.5, 0.6) is 0 Å². The molecule has 10 heteroatoms. The average molecular weight is 366 g/mol. The molecule has 26 heavy (non-hydrogen) atoms. The number of hydrogen-bond acceptors (Lipinski definition) is 6. The Bertz CT molecular complexity index is 910. The largest absolute Gasteiger partial charge is 0.449 e. The van der Waals surface area contributed by atoms with Crippen LogP contribution < -0.4 is 4.90 Å². The molecule has 0 radical (unpaired) electrons. The first-order chi connectivity index (χ1) is 12.4. The molecule has 0 spiro atoms. The third kappa shape index (κ3) is 3.24. The molecule has 0 N–H and O–H groups in total. The summed E-state index contributed by atoms with van der Waals surface area (Å²) in [6, 6.07) is 0. The summed E-state index contributed by atoms with van der Waals surface area (Å²) in [6.07, 6.45) is 1.13. The van der Waals surface area contributed by atoms with Crippen molar-refractivity contribution in [2.75, 3.05) is 31.1 Å². The summed E-state index contributed by atoms with van der Waals surface area (Å²) in [6.45, 7) is 5.29.